The van der Waals surface area contributed by atoms with E-state index in [1.165, 1.54) is 6.20 Å². The number of aromatic nitrogens is 2. The van der Waals surface area contributed by atoms with Crippen LogP contribution in [0.3, 0.4) is 0 Å². The number of carbonyl (C=O) groups is 3. The Bertz CT molecular complexity index is 1270. The Morgan fingerprint density at radius 2 is 1.80 bits per heavy atom. The van der Waals surface area contributed by atoms with Crippen molar-refractivity contribution in [1.82, 2.24) is 9.78 Å². The molecule has 2 amide bonds. The monoisotopic (exact) mass is 476 g/mol. The average molecular weight is 477 g/mol. The highest BCUT2D eigenvalue weighted by atomic mass is 16.6. The lowest BCUT2D eigenvalue weighted by molar-refractivity contribution is 0.0635. The molecule has 35 heavy (non-hydrogen) atoms. The van der Waals surface area contributed by atoms with E-state index in [9.17, 15) is 14.4 Å². The van der Waals surface area contributed by atoms with Gasteiger partial charge in [-0.1, -0.05) is 12.1 Å². The molecule has 0 unspecified atom stereocenters. The number of hydrogen-bond donors (Lipinski definition) is 1. The molecule has 1 aliphatic heterocycles. The molecule has 0 aliphatic carbocycles. The standard InChI is InChI=1S/C26H28N4O5/c1-16-15-29-22(21(14-27-29)28-25(33)35-26(2,3)4)24(32)30(16)19-11-9-17(10-12-19)23(31)18-7-6-8-20(13-18)34-5/h6-14,16H,15H2,1-5H3,(H,28,33)/t16-/m0/s1. The van der Waals surface area contributed by atoms with Gasteiger partial charge in [0.15, 0.2) is 11.5 Å². The van der Waals surface area contributed by atoms with Crippen LogP contribution in [0.4, 0.5) is 16.2 Å². The fourth-order valence-corrected chi connectivity index (χ4v) is 3.98. The predicted molar refractivity (Wildman–Crippen MR) is 131 cm³/mol. The van der Waals surface area contributed by atoms with E-state index in [-0.39, 0.29) is 29.1 Å². The summed E-state index contributed by atoms with van der Waals surface area (Å²) in [6, 6.07) is 13.7. The van der Waals surface area contributed by atoms with Crippen molar-refractivity contribution in [2.24, 2.45) is 0 Å². The summed E-state index contributed by atoms with van der Waals surface area (Å²) in [6.45, 7) is 7.65. The van der Waals surface area contributed by atoms with Gasteiger partial charge >= 0.3 is 6.09 Å². The Labute approximate surface area is 203 Å². The molecule has 1 aromatic heterocycles. The normalized spacial score (nSPS) is 15.4. The minimum Gasteiger partial charge on any atom is -0.497 e. The van der Waals surface area contributed by atoms with E-state index in [1.807, 2.05) is 6.92 Å². The number of nitrogens with one attached hydrogen (secondary N) is 1. The maximum Gasteiger partial charge on any atom is 0.412 e. The van der Waals surface area contributed by atoms with Crippen LogP contribution in [0.15, 0.2) is 54.7 Å². The van der Waals surface area contributed by atoms with Gasteiger partial charge in [0, 0.05) is 16.8 Å². The molecule has 1 atom stereocenters. The Morgan fingerprint density at radius 1 is 1.09 bits per heavy atom. The maximum absolute atomic E-state index is 13.5. The molecule has 2 aromatic carbocycles. The molecular formula is C26H28N4O5. The van der Waals surface area contributed by atoms with Crippen LogP contribution >= 0.6 is 0 Å². The molecule has 1 aliphatic rings. The van der Waals surface area contributed by atoms with Crippen molar-refractivity contribution in [3.05, 3.63) is 71.5 Å². The lowest BCUT2D eigenvalue weighted by Crippen LogP contribution is -2.47. The van der Waals surface area contributed by atoms with E-state index < -0.39 is 11.7 Å². The van der Waals surface area contributed by atoms with E-state index in [2.05, 4.69) is 10.4 Å². The maximum atomic E-state index is 13.5. The first-order chi connectivity index (χ1) is 16.6. The fourth-order valence-electron chi connectivity index (χ4n) is 3.98. The van der Waals surface area contributed by atoms with E-state index >= 15 is 0 Å². The lowest BCUT2D eigenvalue weighted by Gasteiger charge is -2.34. The summed E-state index contributed by atoms with van der Waals surface area (Å²) in [5, 5.41) is 6.89. The van der Waals surface area contributed by atoms with Crippen molar-refractivity contribution in [1.29, 1.82) is 0 Å². The molecule has 4 rings (SSSR count). The summed E-state index contributed by atoms with van der Waals surface area (Å²) in [6.07, 6.45) is 0.787. The first kappa shape index (κ1) is 24.0. The number of carbonyl (C=O) groups excluding carboxylic acids is 3. The van der Waals surface area contributed by atoms with E-state index in [0.29, 0.717) is 29.1 Å². The summed E-state index contributed by atoms with van der Waals surface area (Å²) in [7, 11) is 1.55. The topological polar surface area (TPSA) is 103 Å². The van der Waals surface area contributed by atoms with Gasteiger partial charge in [-0.25, -0.2) is 4.79 Å². The van der Waals surface area contributed by atoms with Gasteiger partial charge in [-0.3, -0.25) is 19.6 Å². The molecule has 9 nitrogen and oxygen atoms in total. The Balaban J connectivity index is 1.57. The van der Waals surface area contributed by atoms with Gasteiger partial charge < -0.3 is 14.4 Å². The number of rotatable bonds is 5. The van der Waals surface area contributed by atoms with Gasteiger partial charge in [0.2, 0.25) is 0 Å². The summed E-state index contributed by atoms with van der Waals surface area (Å²) < 4.78 is 12.1. The van der Waals surface area contributed by atoms with Crippen molar-refractivity contribution < 1.29 is 23.9 Å². The van der Waals surface area contributed by atoms with Crippen LogP contribution < -0.4 is 15.0 Å². The van der Waals surface area contributed by atoms with Gasteiger partial charge in [0.25, 0.3) is 5.91 Å². The van der Waals surface area contributed by atoms with Crippen molar-refractivity contribution in [3.63, 3.8) is 0 Å². The van der Waals surface area contributed by atoms with Crippen LogP contribution in [0.25, 0.3) is 0 Å². The molecule has 0 saturated carbocycles. The summed E-state index contributed by atoms with van der Waals surface area (Å²) in [5.74, 6) is 0.155. The smallest absolute Gasteiger partial charge is 0.412 e. The van der Waals surface area contributed by atoms with Gasteiger partial charge in [-0.05, 0) is 64.1 Å². The first-order valence-electron chi connectivity index (χ1n) is 11.3. The molecule has 0 radical (unpaired) electrons. The van der Waals surface area contributed by atoms with E-state index in [1.54, 1.807) is 86.0 Å². The Kier molecular flexibility index (Phi) is 6.34. The molecule has 182 valence electrons. The third-order valence-corrected chi connectivity index (χ3v) is 5.51. The Morgan fingerprint density at radius 3 is 2.46 bits per heavy atom. The quantitative estimate of drug-likeness (QED) is 0.543. The molecule has 0 fully saturated rings. The number of ether oxygens (including phenoxy) is 2. The zero-order valence-corrected chi connectivity index (χ0v) is 20.4. The van der Waals surface area contributed by atoms with Gasteiger partial charge in [-0.2, -0.15) is 5.10 Å². The molecular weight excluding hydrogens is 448 g/mol. The molecule has 1 N–H and O–H groups in total. The number of hydrogen-bond acceptors (Lipinski definition) is 6. The van der Waals surface area contributed by atoms with Gasteiger partial charge in [-0.15, -0.1) is 0 Å². The SMILES string of the molecule is COc1cccc(C(=O)c2ccc(N3C(=O)c4c(NC(=O)OC(C)(C)C)cnn4C[C@@H]3C)cc2)c1. The Hall–Kier alpha value is -4.14. The summed E-state index contributed by atoms with van der Waals surface area (Å²) >= 11 is 0. The third kappa shape index (κ3) is 5.03. The molecule has 9 heteroatoms. The predicted octanol–water partition coefficient (Wildman–Crippen LogP) is 4.52. The number of methoxy groups -OCH3 is 1. The highest BCUT2D eigenvalue weighted by Gasteiger charge is 2.35. The van der Waals surface area contributed by atoms with Crippen molar-refractivity contribution in [2.45, 2.75) is 45.9 Å². The molecule has 0 saturated heterocycles. The zero-order valence-electron chi connectivity index (χ0n) is 20.4. The number of nitrogens with zero attached hydrogens (tertiary/aromatic N) is 3. The lowest BCUT2D eigenvalue weighted by atomic mass is 10.0. The van der Waals surface area contributed by atoms with Crippen molar-refractivity contribution in [3.8, 4) is 5.75 Å². The summed E-state index contributed by atoms with van der Waals surface area (Å²) in [4.78, 5) is 40.3. The van der Waals surface area contributed by atoms with Gasteiger partial charge in [0.05, 0.1) is 31.6 Å². The fraction of sp³-hybridized carbons (Fsp3) is 0.308. The molecule has 0 spiro atoms. The van der Waals surface area contributed by atoms with Crippen LogP contribution in [-0.4, -0.2) is 46.3 Å². The van der Waals surface area contributed by atoms with E-state index in [4.69, 9.17) is 9.47 Å². The number of ketones is 1. The minimum absolute atomic E-state index is 0.143. The zero-order chi connectivity index (χ0) is 25.3. The molecule has 0 bridgehead atoms. The highest BCUT2D eigenvalue weighted by molar-refractivity contribution is 6.12. The van der Waals surface area contributed by atoms with Gasteiger partial charge in [0.1, 0.15) is 11.4 Å². The molecule has 2 heterocycles. The van der Waals surface area contributed by atoms with E-state index in [0.717, 1.165) is 0 Å². The number of fused-ring (bicyclic) bond motifs is 1. The van der Waals surface area contributed by atoms with Crippen molar-refractivity contribution in [2.75, 3.05) is 17.3 Å². The first-order valence-corrected chi connectivity index (χ1v) is 11.3. The number of anilines is 2. The largest absolute Gasteiger partial charge is 0.497 e. The second kappa shape index (κ2) is 9.25. The number of benzene rings is 2. The third-order valence-electron chi connectivity index (χ3n) is 5.51. The van der Waals surface area contributed by atoms with Crippen LogP contribution in [0.1, 0.15) is 54.1 Å². The van der Waals surface area contributed by atoms with Crippen LogP contribution in [0.2, 0.25) is 0 Å². The minimum atomic E-state index is -0.675. The second-order valence-corrected chi connectivity index (χ2v) is 9.35. The summed E-state index contributed by atoms with van der Waals surface area (Å²) in [5.41, 5.74) is 1.53. The average Bonchev–Trinajstić information content (AvgIpc) is 3.20. The number of amides is 2. The van der Waals surface area contributed by atoms with Crippen LogP contribution in [0.5, 0.6) is 5.75 Å². The second-order valence-electron chi connectivity index (χ2n) is 9.35. The van der Waals surface area contributed by atoms with Crippen LogP contribution in [0, 0.1) is 0 Å². The van der Waals surface area contributed by atoms with Crippen LogP contribution in [-0.2, 0) is 11.3 Å². The van der Waals surface area contributed by atoms with Crippen molar-refractivity contribution >= 4 is 29.2 Å². The molecule has 3 aromatic rings. The highest BCUT2D eigenvalue weighted by Crippen LogP contribution is 2.29.